The number of aromatic nitrogens is 4. The Morgan fingerprint density at radius 2 is 2.00 bits per heavy atom. The first kappa shape index (κ1) is 21.4. The van der Waals surface area contributed by atoms with E-state index in [1.807, 2.05) is 19.3 Å². The molecule has 5 rings (SSSR count). The van der Waals surface area contributed by atoms with Gasteiger partial charge in [-0.25, -0.2) is 15.0 Å². The number of carbonyl (C=O) groups is 1. The van der Waals surface area contributed by atoms with Crippen LogP contribution >= 0.6 is 0 Å². The van der Waals surface area contributed by atoms with Crippen molar-refractivity contribution in [3.63, 3.8) is 0 Å². The summed E-state index contributed by atoms with van der Waals surface area (Å²) < 4.78 is 2.11. The fourth-order valence-corrected chi connectivity index (χ4v) is 5.29. The monoisotopic (exact) mass is 436 g/mol. The summed E-state index contributed by atoms with van der Waals surface area (Å²) in [6, 6.07) is 0. The van der Waals surface area contributed by atoms with E-state index < -0.39 is 0 Å². The van der Waals surface area contributed by atoms with Gasteiger partial charge in [0.05, 0.1) is 0 Å². The first-order chi connectivity index (χ1) is 15.6. The molecule has 7 heteroatoms. The SMILES string of the molecule is Cc1nc([C@H]2CCCN(C(=O)CCCn3ccnc3C)C2)nc2c1CCCN2CC1CC1. The highest BCUT2D eigenvalue weighted by Crippen LogP contribution is 2.36. The Morgan fingerprint density at radius 3 is 2.78 bits per heavy atom. The Hall–Kier alpha value is -2.44. The molecule has 0 spiro atoms. The number of anilines is 1. The molecule has 4 heterocycles. The Morgan fingerprint density at radius 1 is 1.12 bits per heavy atom. The number of piperidine rings is 1. The molecule has 2 fully saturated rings. The average molecular weight is 437 g/mol. The molecule has 7 nitrogen and oxygen atoms in total. The molecule has 1 saturated carbocycles. The summed E-state index contributed by atoms with van der Waals surface area (Å²) >= 11 is 0. The molecule has 2 aliphatic heterocycles. The van der Waals surface area contributed by atoms with Crippen LogP contribution in [0.2, 0.25) is 0 Å². The van der Waals surface area contributed by atoms with E-state index in [1.54, 1.807) is 0 Å². The molecule has 1 saturated heterocycles. The number of nitrogens with zero attached hydrogens (tertiary/aromatic N) is 6. The second-order valence-electron chi connectivity index (χ2n) is 9.91. The van der Waals surface area contributed by atoms with E-state index in [1.165, 1.54) is 30.6 Å². The smallest absolute Gasteiger partial charge is 0.222 e. The maximum absolute atomic E-state index is 12.9. The molecular formula is C25H36N6O. The maximum atomic E-state index is 12.9. The van der Waals surface area contributed by atoms with Crippen LogP contribution in [0.5, 0.6) is 0 Å². The average Bonchev–Trinajstić information content (AvgIpc) is 3.53. The van der Waals surface area contributed by atoms with Gasteiger partial charge in [0.1, 0.15) is 17.5 Å². The van der Waals surface area contributed by atoms with Crippen molar-refractivity contribution < 1.29 is 4.79 Å². The third-order valence-corrected chi connectivity index (χ3v) is 7.39. The Balaban J connectivity index is 1.24. The highest BCUT2D eigenvalue weighted by molar-refractivity contribution is 5.76. The molecule has 1 aliphatic carbocycles. The molecular weight excluding hydrogens is 400 g/mol. The lowest BCUT2D eigenvalue weighted by Crippen LogP contribution is -2.40. The zero-order chi connectivity index (χ0) is 22.1. The number of rotatable bonds is 7. The molecule has 3 aliphatic rings. The first-order valence-electron chi connectivity index (χ1n) is 12.5. The third kappa shape index (κ3) is 4.66. The fourth-order valence-electron chi connectivity index (χ4n) is 5.29. The molecule has 0 radical (unpaired) electrons. The number of aryl methyl sites for hydroxylation is 3. The van der Waals surface area contributed by atoms with Gasteiger partial charge in [-0.2, -0.15) is 0 Å². The highest BCUT2D eigenvalue weighted by Gasteiger charge is 2.31. The first-order valence-corrected chi connectivity index (χ1v) is 12.5. The van der Waals surface area contributed by atoms with Gasteiger partial charge in [0.2, 0.25) is 5.91 Å². The van der Waals surface area contributed by atoms with Crippen molar-refractivity contribution in [1.29, 1.82) is 0 Å². The molecule has 172 valence electrons. The van der Waals surface area contributed by atoms with Crippen LogP contribution in [0.15, 0.2) is 12.4 Å². The molecule has 0 unspecified atom stereocenters. The Labute approximate surface area is 191 Å². The molecule has 0 N–H and O–H groups in total. The zero-order valence-corrected chi connectivity index (χ0v) is 19.6. The maximum Gasteiger partial charge on any atom is 0.222 e. The number of carbonyl (C=O) groups excluding carboxylic acids is 1. The van der Waals surface area contributed by atoms with E-state index in [4.69, 9.17) is 9.97 Å². The fraction of sp³-hybridized carbons (Fsp3) is 0.680. The molecule has 1 atom stereocenters. The lowest BCUT2D eigenvalue weighted by molar-refractivity contribution is -0.132. The van der Waals surface area contributed by atoms with Crippen LogP contribution in [0, 0.1) is 19.8 Å². The van der Waals surface area contributed by atoms with Gasteiger partial charge in [-0.15, -0.1) is 0 Å². The van der Waals surface area contributed by atoms with E-state index >= 15 is 0 Å². The van der Waals surface area contributed by atoms with Crippen molar-refractivity contribution in [2.75, 3.05) is 31.1 Å². The molecule has 2 aromatic rings. The Bertz CT molecular complexity index is 965. The zero-order valence-electron chi connectivity index (χ0n) is 19.6. The van der Waals surface area contributed by atoms with Crippen molar-refractivity contribution in [2.24, 2.45) is 5.92 Å². The molecule has 0 aromatic carbocycles. The van der Waals surface area contributed by atoms with Gasteiger partial charge in [-0.3, -0.25) is 4.79 Å². The number of hydrogen-bond acceptors (Lipinski definition) is 5. The number of fused-ring (bicyclic) bond motifs is 1. The minimum atomic E-state index is 0.247. The van der Waals surface area contributed by atoms with Crippen molar-refractivity contribution >= 4 is 11.7 Å². The van der Waals surface area contributed by atoms with Crippen molar-refractivity contribution in [1.82, 2.24) is 24.4 Å². The quantitative estimate of drug-likeness (QED) is 0.663. The summed E-state index contributed by atoms with van der Waals surface area (Å²) in [5.74, 6) is 4.51. The molecule has 1 amide bonds. The summed E-state index contributed by atoms with van der Waals surface area (Å²) in [5.41, 5.74) is 2.49. The summed E-state index contributed by atoms with van der Waals surface area (Å²) in [5, 5.41) is 0. The summed E-state index contributed by atoms with van der Waals surface area (Å²) in [6.07, 6.45) is 12.4. The number of amides is 1. The van der Waals surface area contributed by atoms with E-state index in [-0.39, 0.29) is 11.8 Å². The van der Waals surface area contributed by atoms with Crippen LogP contribution in [0.3, 0.4) is 0 Å². The second-order valence-corrected chi connectivity index (χ2v) is 9.91. The van der Waals surface area contributed by atoms with Gasteiger partial charge in [-0.1, -0.05) is 0 Å². The van der Waals surface area contributed by atoms with Crippen LogP contribution in [0.1, 0.15) is 73.8 Å². The second kappa shape index (κ2) is 9.20. The highest BCUT2D eigenvalue weighted by atomic mass is 16.2. The standard InChI is InChI=1S/C25H36N6O/c1-18-22-7-4-14-31(16-20-9-10-20)25(22)28-24(27-18)21-6-3-13-30(17-21)23(32)8-5-12-29-15-11-26-19(29)2/h11,15,20-21H,3-10,12-14,16-17H2,1-2H3/t21-/m0/s1. The third-order valence-electron chi connectivity index (χ3n) is 7.39. The van der Waals surface area contributed by atoms with Crippen LogP contribution in [-0.2, 0) is 17.8 Å². The van der Waals surface area contributed by atoms with Gasteiger partial charge >= 0.3 is 0 Å². The van der Waals surface area contributed by atoms with Gasteiger partial charge in [-0.05, 0) is 64.7 Å². The summed E-state index contributed by atoms with van der Waals surface area (Å²) in [6.45, 7) is 8.87. The van der Waals surface area contributed by atoms with E-state index in [2.05, 4.69) is 26.3 Å². The minimum Gasteiger partial charge on any atom is -0.356 e. The lowest BCUT2D eigenvalue weighted by Gasteiger charge is -2.34. The molecule has 0 bridgehead atoms. The van der Waals surface area contributed by atoms with E-state index in [0.717, 1.165) is 81.7 Å². The van der Waals surface area contributed by atoms with E-state index in [9.17, 15) is 4.79 Å². The minimum absolute atomic E-state index is 0.247. The summed E-state index contributed by atoms with van der Waals surface area (Å²) in [7, 11) is 0. The van der Waals surface area contributed by atoms with Gasteiger partial charge in [0, 0.05) is 68.7 Å². The van der Waals surface area contributed by atoms with Gasteiger partial charge in [0.15, 0.2) is 0 Å². The van der Waals surface area contributed by atoms with Crippen LogP contribution in [0.4, 0.5) is 5.82 Å². The largest absolute Gasteiger partial charge is 0.356 e. The Kier molecular flexibility index (Phi) is 6.15. The predicted molar refractivity (Wildman–Crippen MR) is 125 cm³/mol. The topological polar surface area (TPSA) is 67.2 Å². The molecule has 32 heavy (non-hydrogen) atoms. The number of hydrogen-bond donors (Lipinski definition) is 0. The van der Waals surface area contributed by atoms with Gasteiger partial charge < -0.3 is 14.4 Å². The normalized spacial score (nSPS) is 21.0. The van der Waals surface area contributed by atoms with Crippen LogP contribution in [-0.4, -0.2) is 56.5 Å². The van der Waals surface area contributed by atoms with Crippen molar-refractivity contribution in [3.8, 4) is 0 Å². The predicted octanol–water partition coefficient (Wildman–Crippen LogP) is 3.64. The molecule has 2 aromatic heterocycles. The van der Waals surface area contributed by atoms with Crippen LogP contribution < -0.4 is 4.90 Å². The lowest BCUT2D eigenvalue weighted by atomic mass is 9.95. The van der Waals surface area contributed by atoms with Crippen LogP contribution in [0.25, 0.3) is 0 Å². The van der Waals surface area contributed by atoms with E-state index in [0.29, 0.717) is 6.42 Å². The summed E-state index contributed by atoms with van der Waals surface area (Å²) in [4.78, 5) is 31.8. The van der Waals surface area contributed by atoms with Crippen molar-refractivity contribution in [2.45, 2.75) is 77.7 Å². The number of likely N-dealkylation sites (tertiary alicyclic amines) is 1. The number of imidazole rings is 1. The van der Waals surface area contributed by atoms with Gasteiger partial charge in [0.25, 0.3) is 0 Å². The van der Waals surface area contributed by atoms with Crippen molar-refractivity contribution in [3.05, 3.63) is 35.3 Å².